The van der Waals surface area contributed by atoms with Crippen molar-refractivity contribution >= 4 is 0 Å². The van der Waals surface area contributed by atoms with Crippen molar-refractivity contribution in [3.8, 4) is 0 Å². The first kappa shape index (κ1) is 9.61. The maximum absolute atomic E-state index is 6.15. The number of ether oxygens (including phenoxy) is 1. The molecule has 0 radical (unpaired) electrons. The zero-order valence-corrected chi connectivity index (χ0v) is 8.49. The highest BCUT2D eigenvalue weighted by atomic mass is 16.5. The normalized spacial score (nSPS) is 26.4. The Labute approximate surface area is 82.6 Å². The third-order valence-electron chi connectivity index (χ3n) is 2.61. The Hall–Kier alpha value is -0.940. The third kappa shape index (κ3) is 1.53. The second-order valence-corrected chi connectivity index (χ2v) is 3.92. The lowest BCUT2D eigenvalue weighted by atomic mass is 9.93. The van der Waals surface area contributed by atoms with Crippen LogP contribution in [-0.4, -0.2) is 22.9 Å². The van der Waals surface area contributed by atoms with E-state index in [-0.39, 0.29) is 6.10 Å². The van der Waals surface area contributed by atoms with Crippen LogP contribution in [0.25, 0.3) is 0 Å². The molecule has 0 amide bonds. The molecule has 14 heavy (non-hydrogen) atoms. The molecule has 0 bridgehead atoms. The molecule has 1 aromatic rings. The summed E-state index contributed by atoms with van der Waals surface area (Å²) in [6.45, 7) is 4.41. The first-order valence-corrected chi connectivity index (χ1v) is 4.82. The van der Waals surface area contributed by atoms with Crippen molar-refractivity contribution in [2.24, 2.45) is 5.73 Å². The molecule has 5 heteroatoms. The van der Waals surface area contributed by atoms with Gasteiger partial charge < -0.3 is 15.0 Å². The highest BCUT2D eigenvalue weighted by Gasteiger charge is 2.38. The van der Waals surface area contributed by atoms with E-state index in [0.29, 0.717) is 11.7 Å². The highest BCUT2D eigenvalue weighted by Crippen LogP contribution is 2.28. The molecule has 0 aliphatic carbocycles. The Morgan fingerprint density at radius 2 is 2.36 bits per heavy atom. The van der Waals surface area contributed by atoms with E-state index in [1.807, 2.05) is 6.92 Å². The van der Waals surface area contributed by atoms with Crippen molar-refractivity contribution in [2.45, 2.75) is 38.3 Å². The highest BCUT2D eigenvalue weighted by molar-refractivity contribution is 5.06. The summed E-state index contributed by atoms with van der Waals surface area (Å²) >= 11 is 0. The fourth-order valence-corrected chi connectivity index (χ4v) is 1.71. The average molecular weight is 197 g/mol. The summed E-state index contributed by atoms with van der Waals surface area (Å²) in [4.78, 5) is 4.14. The van der Waals surface area contributed by atoms with Gasteiger partial charge in [-0.2, -0.15) is 4.98 Å². The van der Waals surface area contributed by atoms with Gasteiger partial charge in [0.15, 0.2) is 5.82 Å². The van der Waals surface area contributed by atoms with Crippen LogP contribution in [0.5, 0.6) is 0 Å². The molecule has 1 saturated heterocycles. The topological polar surface area (TPSA) is 74.2 Å². The summed E-state index contributed by atoms with van der Waals surface area (Å²) in [6.07, 6.45) is 2.01. The maximum atomic E-state index is 6.15. The van der Waals surface area contributed by atoms with Crippen molar-refractivity contribution in [1.82, 2.24) is 10.1 Å². The third-order valence-corrected chi connectivity index (χ3v) is 2.61. The molecule has 2 atom stereocenters. The van der Waals surface area contributed by atoms with Gasteiger partial charge in [-0.05, 0) is 19.8 Å². The van der Waals surface area contributed by atoms with E-state index in [4.69, 9.17) is 15.0 Å². The average Bonchev–Trinajstić information content (AvgIpc) is 2.72. The predicted octanol–water partition coefficient (Wildman–Crippen LogP) is 0.731. The monoisotopic (exact) mass is 197 g/mol. The van der Waals surface area contributed by atoms with E-state index in [1.165, 1.54) is 0 Å². The van der Waals surface area contributed by atoms with E-state index >= 15 is 0 Å². The zero-order chi connectivity index (χ0) is 10.2. The van der Waals surface area contributed by atoms with Crippen LogP contribution in [0.4, 0.5) is 0 Å². The number of hydrogen-bond acceptors (Lipinski definition) is 5. The van der Waals surface area contributed by atoms with Gasteiger partial charge >= 0.3 is 0 Å². The van der Waals surface area contributed by atoms with Crippen LogP contribution in [-0.2, 0) is 10.3 Å². The lowest BCUT2D eigenvalue weighted by Gasteiger charge is -2.26. The van der Waals surface area contributed by atoms with Gasteiger partial charge in [0.2, 0.25) is 5.89 Å². The summed E-state index contributed by atoms with van der Waals surface area (Å²) in [5.74, 6) is 1.07. The van der Waals surface area contributed by atoms with Gasteiger partial charge in [0.1, 0.15) is 5.54 Å². The van der Waals surface area contributed by atoms with Crippen LogP contribution < -0.4 is 5.73 Å². The van der Waals surface area contributed by atoms with Gasteiger partial charge in [0, 0.05) is 13.5 Å². The first-order chi connectivity index (χ1) is 6.60. The fourth-order valence-electron chi connectivity index (χ4n) is 1.71. The van der Waals surface area contributed by atoms with Crippen molar-refractivity contribution < 1.29 is 9.26 Å². The molecule has 1 aliphatic rings. The summed E-state index contributed by atoms with van der Waals surface area (Å²) in [7, 11) is 0. The lowest BCUT2D eigenvalue weighted by molar-refractivity contribution is 0.0475. The van der Waals surface area contributed by atoms with Gasteiger partial charge in [-0.3, -0.25) is 0 Å². The summed E-state index contributed by atoms with van der Waals surface area (Å²) in [5.41, 5.74) is 5.50. The van der Waals surface area contributed by atoms with E-state index in [2.05, 4.69) is 10.1 Å². The number of aryl methyl sites for hydroxylation is 1. The number of nitrogens with two attached hydrogens (primary N) is 1. The smallest absolute Gasteiger partial charge is 0.223 e. The molecule has 1 fully saturated rings. The number of nitrogens with zero attached hydrogens (tertiary/aromatic N) is 2. The van der Waals surface area contributed by atoms with Crippen LogP contribution in [0.1, 0.15) is 31.5 Å². The van der Waals surface area contributed by atoms with Crippen molar-refractivity contribution in [3.63, 3.8) is 0 Å². The molecule has 1 aromatic heterocycles. The van der Waals surface area contributed by atoms with Crippen LogP contribution in [0.3, 0.4) is 0 Å². The fraction of sp³-hybridized carbons (Fsp3) is 0.778. The predicted molar refractivity (Wildman–Crippen MR) is 49.5 cm³/mol. The molecular formula is C9H15N3O2. The Morgan fingerprint density at radius 3 is 2.86 bits per heavy atom. The Kier molecular flexibility index (Phi) is 2.28. The Bertz CT molecular complexity index is 316. The molecule has 2 heterocycles. The van der Waals surface area contributed by atoms with Crippen molar-refractivity contribution in [3.05, 3.63) is 11.7 Å². The van der Waals surface area contributed by atoms with E-state index in [1.54, 1.807) is 6.92 Å². The summed E-state index contributed by atoms with van der Waals surface area (Å²) in [6, 6.07) is 0. The molecule has 0 saturated carbocycles. The first-order valence-electron chi connectivity index (χ1n) is 4.82. The van der Waals surface area contributed by atoms with E-state index in [9.17, 15) is 0 Å². The molecule has 78 valence electrons. The molecule has 2 unspecified atom stereocenters. The molecule has 2 rings (SSSR count). The second-order valence-electron chi connectivity index (χ2n) is 3.92. The molecule has 0 aromatic carbocycles. The summed E-state index contributed by atoms with van der Waals surface area (Å²) in [5, 5.41) is 3.84. The molecular weight excluding hydrogens is 182 g/mol. The zero-order valence-electron chi connectivity index (χ0n) is 8.49. The molecule has 1 aliphatic heterocycles. The van der Waals surface area contributed by atoms with E-state index < -0.39 is 5.54 Å². The van der Waals surface area contributed by atoms with Gasteiger partial charge in [-0.1, -0.05) is 5.16 Å². The van der Waals surface area contributed by atoms with Crippen molar-refractivity contribution in [1.29, 1.82) is 0 Å². The maximum Gasteiger partial charge on any atom is 0.223 e. The SMILES string of the molecule is Cc1nc(C(C)(N)C2CCCO2)no1. The van der Waals surface area contributed by atoms with Gasteiger partial charge in [-0.15, -0.1) is 0 Å². The summed E-state index contributed by atoms with van der Waals surface area (Å²) < 4.78 is 10.4. The second kappa shape index (κ2) is 3.33. The number of aromatic nitrogens is 2. The van der Waals surface area contributed by atoms with Crippen molar-refractivity contribution in [2.75, 3.05) is 6.61 Å². The standard InChI is InChI=1S/C9H15N3O2/c1-6-11-8(12-14-6)9(2,10)7-4-3-5-13-7/h7H,3-5,10H2,1-2H3. The molecule has 0 spiro atoms. The van der Waals surface area contributed by atoms with Crippen LogP contribution in [0.2, 0.25) is 0 Å². The van der Waals surface area contributed by atoms with E-state index in [0.717, 1.165) is 19.4 Å². The van der Waals surface area contributed by atoms with Crippen LogP contribution in [0, 0.1) is 6.92 Å². The van der Waals surface area contributed by atoms with Crippen LogP contribution in [0.15, 0.2) is 4.52 Å². The lowest BCUT2D eigenvalue weighted by Crippen LogP contribution is -2.45. The number of rotatable bonds is 2. The molecule has 2 N–H and O–H groups in total. The Balaban J connectivity index is 2.22. The van der Waals surface area contributed by atoms with Crippen LogP contribution >= 0.6 is 0 Å². The largest absolute Gasteiger partial charge is 0.376 e. The Morgan fingerprint density at radius 1 is 1.57 bits per heavy atom. The minimum absolute atomic E-state index is 0.000463. The quantitative estimate of drug-likeness (QED) is 0.756. The molecule has 5 nitrogen and oxygen atoms in total. The minimum atomic E-state index is -0.645. The number of hydrogen-bond donors (Lipinski definition) is 1. The minimum Gasteiger partial charge on any atom is -0.376 e. The van der Waals surface area contributed by atoms with Gasteiger partial charge in [0.25, 0.3) is 0 Å². The van der Waals surface area contributed by atoms with Gasteiger partial charge in [-0.25, -0.2) is 0 Å². The van der Waals surface area contributed by atoms with Gasteiger partial charge in [0.05, 0.1) is 6.10 Å².